The molecule has 1 aromatic rings. The second kappa shape index (κ2) is 5.88. The maximum Gasteiger partial charge on any atom is 1.00 e. The average molecular weight is 325 g/mol. The molecule has 0 spiro atoms. The van der Waals surface area contributed by atoms with Crippen molar-refractivity contribution < 1.29 is 44.3 Å². The Hall–Kier alpha value is -1.02. The standard InChI is InChI=1S/C14H13N3O3S.Na/c18-12-10(13-17(12)11(7-21-13)14(19)20)6-8-5-9-3-1-2-4-16(9)15-8;/h5-7,13H,1-4H2,(H,19,20);/q;+1/p-1/b10-6+;. The Bertz CT molecular complexity index is 701. The Labute approximate surface area is 153 Å². The molecule has 3 aliphatic rings. The van der Waals surface area contributed by atoms with Crippen molar-refractivity contribution in [1.82, 2.24) is 14.7 Å². The van der Waals surface area contributed by atoms with Crippen molar-refractivity contribution in [3.8, 4) is 0 Å². The van der Waals surface area contributed by atoms with Crippen LogP contribution in [-0.2, 0) is 22.6 Å². The van der Waals surface area contributed by atoms with E-state index in [1.165, 1.54) is 34.2 Å². The zero-order valence-corrected chi connectivity index (χ0v) is 14.9. The molecule has 6 nitrogen and oxygen atoms in total. The van der Waals surface area contributed by atoms with E-state index in [1.807, 2.05) is 10.7 Å². The van der Waals surface area contributed by atoms with Crippen LogP contribution in [0.1, 0.15) is 24.2 Å². The van der Waals surface area contributed by atoms with Gasteiger partial charge in [0, 0.05) is 12.2 Å². The molecule has 1 aromatic heterocycles. The number of rotatable bonds is 2. The molecule has 1 saturated heterocycles. The molecule has 0 saturated carbocycles. The van der Waals surface area contributed by atoms with Crippen molar-refractivity contribution in [1.29, 1.82) is 0 Å². The number of carbonyl (C=O) groups excluding carboxylic acids is 2. The molecule has 0 bridgehead atoms. The van der Waals surface area contributed by atoms with Crippen LogP contribution in [0.3, 0.4) is 0 Å². The second-order valence-corrected chi connectivity index (χ2v) is 6.25. The largest absolute Gasteiger partial charge is 1.00 e. The van der Waals surface area contributed by atoms with Crippen LogP contribution >= 0.6 is 11.8 Å². The van der Waals surface area contributed by atoms with Gasteiger partial charge in [0.15, 0.2) is 0 Å². The minimum atomic E-state index is -1.31. The van der Waals surface area contributed by atoms with Gasteiger partial charge in [-0.25, -0.2) is 0 Å². The summed E-state index contributed by atoms with van der Waals surface area (Å²) in [5.74, 6) is -1.58. The molecule has 22 heavy (non-hydrogen) atoms. The molecule has 4 rings (SSSR count). The van der Waals surface area contributed by atoms with Crippen molar-refractivity contribution in [2.24, 2.45) is 0 Å². The summed E-state index contributed by atoms with van der Waals surface area (Å²) in [5, 5.41) is 16.6. The number of β-lactam (4-membered cyclic amide) rings is 1. The van der Waals surface area contributed by atoms with E-state index in [0.717, 1.165) is 25.1 Å². The van der Waals surface area contributed by atoms with Crippen LogP contribution in [-0.4, -0.2) is 31.9 Å². The smallest absolute Gasteiger partial charge is 0.543 e. The van der Waals surface area contributed by atoms with E-state index in [-0.39, 0.29) is 46.5 Å². The summed E-state index contributed by atoms with van der Waals surface area (Å²) >= 11 is 1.31. The van der Waals surface area contributed by atoms with E-state index in [1.54, 1.807) is 6.08 Å². The van der Waals surface area contributed by atoms with Crippen molar-refractivity contribution in [2.45, 2.75) is 31.2 Å². The number of thioether (sulfide) groups is 1. The molecule has 4 heterocycles. The first-order valence-electron chi connectivity index (χ1n) is 6.84. The third-order valence-corrected chi connectivity index (χ3v) is 5.06. The van der Waals surface area contributed by atoms with Crippen LogP contribution in [0.5, 0.6) is 0 Å². The summed E-state index contributed by atoms with van der Waals surface area (Å²) in [4.78, 5) is 24.3. The maximum atomic E-state index is 12.1. The third-order valence-electron chi connectivity index (χ3n) is 3.98. The van der Waals surface area contributed by atoms with Crippen molar-refractivity contribution in [3.05, 3.63) is 34.1 Å². The number of hydrogen-bond acceptors (Lipinski definition) is 5. The van der Waals surface area contributed by atoms with Gasteiger partial charge in [-0.05, 0) is 36.8 Å². The number of fused-ring (bicyclic) bond motifs is 2. The topological polar surface area (TPSA) is 78.3 Å². The van der Waals surface area contributed by atoms with Gasteiger partial charge in [0.2, 0.25) is 0 Å². The second-order valence-electron chi connectivity index (χ2n) is 5.29. The predicted octanol–water partition coefficient (Wildman–Crippen LogP) is -2.89. The number of amides is 1. The number of carbonyl (C=O) groups is 2. The molecule has 108 valence electrons. The average Bonchev–Trinajstić information content (AvgIpc) is 3.05. The van der Waals surface area contributed by atoms with Crippen LogP contribution in [0.2, 0.25) is 0 Å². The Balaban J connectivity index is 0.00000144. The number of hydrogen-bond donors (Lipinski definition) is 0. The number of nitrogens with zero attached hydrogens (tertiary/aromatic N) is 3. The van der Waals surface area contributed by atoms with Crippen LogP contribution in [0.25, 0.3) is 6.08 Å². The Kier molecular flexibility index (Phi) is 4.24. The minimum Gasteiger partial charge on any atom is -0.543 e. The van der Waals surface area contributed by atoms with Crippen molar-refractivity contribution in [2.75, 3.05) is 0 Å². The van der Waals surface area contributed by atoms with E-state index >= 15 is 0 Å². The van der Waals surface area contributed by atoms with Crippen molar-refractivity contribution in [3.63, 3.8) is 0 Å². The minimum absolute atomic E-state index is 0. The van der Waals surface area contributed by atoms with E-state index in [0.29, 0.717) is 5.57 Å². The molecular formula is C14H12N3NaO3S. The van der Waals surface area contributed by atoms with Gasteiger partial charge in [-0.1, -0.05) is 0 Å². The molecule has 0 N–H and O–H groups in total. The maximum absolute atomic E-state index is 12.1. The van der Waals surface area contributed by atoms with Crippen LogP contribution in [0.4, 0.5) is 0 Å². The van der Waals surface area contributed by atoms with Gasteiger partial charge < -0.3 is 9.90 Å². The van der Waals surface area contributed by atoms with E-state index in [2.05, 4.69) is 5.10 Å². The normalized spacial score (nSPS) is 24.3. The zero-order valence-electron chi connectivity index (χ0n) is 12.1. The Morgan fingerprint density at radius 3 is 3.00 bits per heavy atom. The predicted molar refractivity (Wildman–Crippen MR) is 74.5 cm³/mol. The molecule has 0 aromatic carbocycles. The molecule has 1 amide bonds. The fourth-order valence-corrected chi connectivity index (χ4v) is 4.04. The summed E-state index contributed by atoms with van der Waals surface area (Å²) < 4.78 is 1.99. The van der Waals surface area contributed by atoms with Crippen molar-refractivity contribution >= 4 is 29.7 Å². The van der Waals surface area contributed by atoms with Gasteiger partial charge in [-0.15, -0.1) is 11.8 Å². The molecule has 0 radical (unpaired) electrons. The van der Waals surface area contributed by atoms with E-state index < -0.39 is 5.97 Å². The quantitative estimate of drug-likeness (QED) is 0.331. The number of aromatic nitrogens is 2. The first-order valence-corrected chi connectivity index (χ1v) is 7.78. The number of aliphatic carboxylic acids is 1. The molecule has 3 aliphatic heterocycles. The van der Waals surface area contributed by atoms with E-state index in [4.69, 9.17) is 0 Å². The summed E-state index contributed by atoms with van der Waals surface area (Å²) in [6.45, 7) is 0.924. The Morgan fingerprint density at radius 2 is 2.27 bits per heavy atom. The molecule has 1 fully saturated rings. The summed E-state index contributed by atoms with van der Waals surface area (Å²) in [6, 6.07) is 2.01. The Morgan fingerprint density at radius 1 is 1.45 bits per heavy atom. The third kappa shape index (κ3) is 2.36. The number of aryl methyl sites for hydroxylation is 2. The molecule has 1 atom stereocenters. The molecule has 0 aliphatic carbocycles. The van der Waals surface area contributed by atoms with Crippen LogP contribution in [0, 0.1) is 0 Å². The fraction of sp³-hybridized carbons (Fsp3) is 0.357. The van der Waals surface area contributed by atoms with E-state index in [9.17, 15) is 14.7 Å². The summed E-state index contributed by atoms with van der Waals surface area (Å²) in [6.07, 6.45) is 5.10. The SMILES string of the molecule is O=C([O-])C1=CSC2/C(=C/c3cc4n(n3)CCCC4)C(=O)N12.[Na+]. The van der Waals surface area contributed by atoms with Gasteiger partial charge in [0.05, 0.1) is 22.9 Å². The van der Waals surface area contributed by atoms with Crippen LogP contribution < -0.4 is 34.7 Å². The first kappa shape index (κ1) is 15.9. The number of carboxylic acids is 1. The number of carboxylic acid groups (broad SMARTS) is 1. The van der Waals surface area contributed by atoms with Crippen LogP contribution in [0.15, 0.2) is 22.7 Å². The molecular weight excluding hydrogens is 313 g/mol. The zero-order chi connectivity index (χ0) is 14.6. The van der Waals surface area contributed by atoms with Gasteiger partial charge >= 0.3 is 29.6 Å². The molecule has 8 heteroatoms. The monoisotopic (exact) mass is 325 g/mol. The summed E-state index contributed by atoms with van der Waals surface area (Å²) in [5.41, 5.74) is 2.53. The summed E-state index contributed by atoms with van der Waals surface area (Å²) in [7, 11) is 0. The van der Waals surface area contributed by atoms with Gasteiger partial charge in [-0.3, -0.25) is 14.4 Å². The van der Waals surface area contributed by atoms with Gasteiger partial charge in [-0.2, -0.15) is 5.10 Å². The fourth-order valence-electron chi connectivity index (χ4n) is 2.93. The molecule has 1 unspecified atom stereocenters. The van der Waals surface area contributed by atoms with Gasteiger partial charge in [0.25, 0.3) is 5.91 Å². The van der Waals surface area contributed by atoms with Gasteiger partial charge in [0.1, 0.15) is 5.37 Å². The first-order chi connectivity index (χ1) is 10.1.